The molecule has 1 saturated heterocycles. The van der Waals surface area contributed by atoms with Gasteiger partial charge in [0.1, 0.15) is 5.60 Å². The summed E-state index contributed by atoms with van der Waals surface area (Å²) < 4.78 is 6.27. The Kier molecular flexibility index (Phi) is 3.59. The Morgan fingerprint density at radius 1 is 1.44 bits per heavy atom. The zero-order valence-electron chi connectivity index (χ0n) is 9.49. The molecule has 90 valence electrons. The first kappa shape index (κ1) is 12.4. The van der Waals surface area contributed by atoms with Gasteiger partial charge in [0.2, 0.25) is 0 Å². The van der Waals surface area contributed by atoms with Gasteiger partial charge in [-0.15, -0.1) is 23.7 Å². The number of rotatable bonds is 0. The summed E-state index contributed by atoms with van der Waals surface area (Å²) in [5.74, 6) is 0. The van der Waals surface area contributed by atoms with Crippen LogP contribution in [0.4, 0.5) is 0 Å². The van der Waals surface area contributed by atoms with Crippen molar-refractivity contribution in [2.45, 2.75) is 37.9 Å². The summed E-state index contributed by atoms with van der Waals surface area (Å²) in [5, 5.41) is 5.64. The van der Waals surface area contributed by atoms with Crippen LogP contribution in [0.3, 0.4) is 0 Å². The normalized spacial score (nSPS) is 27.2. The van der Waals surface area contributed by atoms with E-state index in [-0.39, 0.29) is 18.0 Å². The lowest BCUT2D eigenvalue weighted by Gasteiger charge is -2.43. The predicted molar refractivity (Wildman–Crippen MR) is 69.6 cm³/mol. The van der Waals surface area contributed by atoms with Crippen LogP contribution in [0.2, 0.25) is 0 Å². The van der Waals surface area contributed by atoms with Crippen LogP contribution in [0, 0.1) is 0 Å². The van der Waals surface area contributed by atoms with Gasteiger partial charge in [-0.2, -0.15) is 0 Å². The van der Waals surface area contributed by atoms with Crippen LogP contribution < -0.4 is 5.32 Å². The fourth-order valence-electron chi connectivity index (χ4n) is 2.86. The molecule has 3 heterocycles. The molecule has 2 aliphatic heterocycles. The van der Waals surface area contributed by atoms with Crippen molar-refractivity contribution in [2.75, 3.05) is 13.1 Å². The maximum atomic E-state index is 6.27. The van der Waals surface area contributed by atoms with Crippen LogP contribution in [0.15, 0.2) is 11.4 Å². The zero-order valence-corrected chi connectivity index (χ0v) is 11.1. The molecular weight excluding hydrogens is 242 g/mol. The van der Waals surface area contributed by atoms with Gasteiger partial charge >= 0.3 is 0 Å². The number of fused-ring (bicyclic) bond motifs is 2. The number of halogens is 1. The molecule has 1 spiro atoms. The van der Waals surface area contributed by atoms with Crippen molar-refractivity contribution >= 4 is 23.7 Å². The minimum absolute atomic E-state index is 0. The van der Waals surface area contributed by atoms with E-state index in [4.69, 9.17) is 4.74 Å². The molecule has 2 aliphatic rings. The second-order valence-corrected chi connectivity index (χ2v) is 5.57. The van der Waals surface area contributed by atoms with E-state index >= 15 is 0 Å². The predicted octanol–water partition coefficient (Wildman–Crippen LogP) is 2.71. The van der Waals surface area contributed by atoms with Gasteiger partial charge in [0.05, 0.1) is 6.10 Å². The van der Waals surface area contributed by atoms with Crippen molar-refractivity contribution in [3.05, 3.63) is 21.9 Å². The summed E-state index contributed by atoms with van der Waals surface area (Å²) in [6.45, 7) is 4.37. The van der Waals surface area contributed by atoms with Gasteiger partial charge in [0.25, 0.3) is 0 Å². The van der Waals surface area contributed by atoms with E-state index in [1.165, 1.54) is 10.4 Å². The molecule has 1 N–H and O–H groups in total. The lowest BCUT2D eigenvalue weighted by molar-refractivity contribution is -0.117. The van der Waals surface area contributed by atoms with Crippen LogP contribution in [-0.2, 0) is 16.8 Å². The van der Waals surface area contributed by atoms with Crippen molar-refractivity contribution in [1.29, 1.82) is 0 Å². The van der Waals surface area contributed by atoms with Crippen LogP contribution in [0.25, 0.3) is 0 Å². The van der Waals surface area contributed by atoms with Crippen molar-refractivity contribution in [1.82, 2.24) is 5.32 Å². The van der Waals surface area contributed by atoms with Crippen LogP contribution in [-0.4, -0.2) is 19.2 Å². The van der Waals surface area contributed by atoms with E-state index in [1.807, 2.05) is 11.3 Å². The van der Waals surface area contributed by atoms with Crippen LogP contribution in [0.1, 0.15) is 30.2 Å². The number of hydrogen-bond donors (Lipinski definition) is 1. The van der Waals surface area contributed by atoms with Crippen molar-refractivity contribution in [3.8, 4) is 0 Å². The summed E-state index contributed by atoms with van der Waals surface area (Å²) >= 11 is 1.88. The Balaban J connectivity index is 0.000000963. The molecule has 0 aromatic carbocycles. The number of hydrogen-bond acceptors (Lipinski definition) is 3. The van der Waals surface area contributed by atoms with Crippen LogP contribution in [0.5, 0.6) is 0 Å². The summed E-state index contributed by atoms with van der Waals surface area (Å²) in [6.07, 6.45) is 3.73. The average Bonchev–Trinajstić information content (AvgIpc) is 2.67. The molecule has 0 bridgehead atoms. The third-order valence-corrected chi connectivity index (χ3v) is 4.65. The van der Waals surface area contributed by atoms with Gasteiger partial charge in [-0.1, -0.05) is 0 Å². The topological polar surface area (TPSA) is 21.3 Å². The van der Waals surface area contributed by atoms with E-state index in [1.54, 1.807) is 0 Å². The van der Waals surface area contributed by atoms with E-state index < -0.39 is 0 Å². The molecule has 3 rings (SSSR count). The fraction of sp³-hybridized carbons (Fsp3) is 0.667. The van der Waals surface area contributed by atoms with Gasteiger partial charge in [-0.05, 0) is 56.3 Å². The van der Waals surface area contributed by atoms with Crippen molar-refractivity contribution < 1.29 is 4.74 Å². The molecule has 0 saturated carbocycles. The minimum Gasteiger partial charge on any atom is -0.366 e. The molecular formula is C12H18ClNOS. The molecule has 1 atom stereocenters. The lowest BCUT2D eigenvalue weighted by Crippen LogP contribution is -2.46. The highest BCUT2D eigenvalue weighted by molar-refractivity contribution is 7.10. The fourth-order valence-corrected chi connectivity index (χ4v) is 4.00. The van der Waals surface area contributed by atoms with Crippen molar-refractivity contribution in [2.24, 2.45) is 0 Å². The molecule has 1 aromatic rings. The molecule has 0 radical (unpaired) electrons. The maximum Gasteiger partial charge on any atom is 0.105 e. The monoisotopic (exact) mass is 259 g/mol. The van der Waals surface area contributed by atoms with Gasteiger partial charge in [0.15, 0.2) is 0 Å². The van der Waals surface area contributed by atoms with Gasteiger partial charge in [0, 0.05) is 4.88 Å². The molecule has 2 nitrogen and oxygen atoms in total. The summed E-state index contributed by atoms with van der Waals surface area (Å²) in [5.41, 5.74) is 1.58. The summed E-state index contributed by atoms with van der Waals surface area (Å²) in [4.78, 5) is 1.50. The van der Waals surface area contributed by atoms with Gasteiger partial charge < -0.3 is 10.1 Å². The van der Waals surface area contributed by atoms with Gasteiger partial charge in [-0.3, -0.25) is 0 Å². The third kappa shape index (κ3) is 1.90. The van der Waals surface area contributed by atoms with Crippen molar-refractivity contribution in [3.63, 3.8) is 0 Å². The molecule has 0 amide bonds. The largest absolute Gasteiger partial charge is 0.366 e. The maximum absolute atomic E-state index is 6.27. The average molecular weight is 260 g/mol. The summed E-state index contributed by atoms with van der Waals surface area (Å²) in [7, 11) is 0. The SMILES string of the molecule is C[C@@H]1Cc2ccsc2C2(CCNCC2)O1.Cl. The molecule has 0 unspecified atom stereocenters. The molecule has 16 heavy (non-hydrogen) atoms. The quantitative estimate of drug-likeness (QED) is 0.774. The number of piperidine rings is 1. The Labute approximate surface area is 107 Å². The Morgan fingerprint density at radius 3 is 2.94 bits per heavy atom. The minimum atomic E-state index is 0. The van der Waals surface area contributed by atoms with E-state index in [2.05, 4.69) is 23.7 Å². The van der Waals surface area contributed by atoms with Crippen LogP contribution >= 0.6 is 23.7 Å². The highest BCUT2D eigenvalue weighted by Gasteiger charge is 2.41. The standard InChI is InChI=1S/C12H17NOS.ClH/c1-9-8-10-2-7-15-11(10)12(14-9)3-5-13-6-4-12;/h2,7,9,13H,3-6,8H2,1H3;1H/t9-;/m1./s1. The second kappa shape index (κ2) is 4.65. The first-order chi connectivity index (χ1) is 7.30. The lowest BCUT2D eigenvalue weighted by atomic mass is 9.85. The van der Waals surface area contributed by atoms with E-state index in [0.717, 1.165) is 32.4 Å². The molecule has 1 fully saturated rings. The Morgan fingerprint density at radius 2 is 2.19 bits per heavy atom. The number of thiophene rings is 1. The smallest absolute Gasteiger partial charge is 0.105 e. The number of ether oxygens (including phenoxy) is 1. The van der Waals surface area contributed by atoms with Gasteiger partial charge in [-0.25, -0.2) is 0 Å². The second-order valence-electron chi connectivity index (χ2n) is 4.65. The highest BCUT2D eigenvalue weighted by Crippen LogP contribution is 2.44. The molecule has 1 aromatic heterocycles. The zero-order chi connectivity index (χ0) is 10.3. The highest BCUT2D eigenvalue weighted by atomic mass is 35.5. The van der Waals surface area contributed by atoms with E-state index in [9.17, 15) is 0 Å². The third-order valence-electron chi connectivity index (χ3n) is 3.51. The molecule has 4 heteroatoms. The Bertz CT molecular complexity index is 360. The first-order valence-electron chi connectivity index (χ1n) is 5.76. The van der Waals surface area contributed by atoms with E-state index in [0.29, 0.717) is 6.10 Å². The number of nitrogens with one attached hydrogen (secondary N) is 1. The summed E-state index contributed by atoms with van der Waals surface area (Å²) in [6, 6.07) is 2.28. The molecule has 0 aliphatic carbocycles. The Hall–Kier alpha value is -0.0900. The first-order valence-corrected chi connectivity index (χ1v) is 6.63.